The zero-order valence-electron chi connectivity index (χ0n) is 14.5. The fourth-order valence-corrected chi connectivity index (χ4v) is 3.41. The van der Waals surface area contributed by atoms with Crippen LogP contribution in [0.2, 0.25) is 0 Å². The number of hydrogen-bond donors (Lipinski definition) is 0. The summed E-state index contributed by atoms with van der Waals surface area (Å²) in [5.41, 5.74) is 1.48. The van der Waals surface area contributed by atoms with E-state index in [1.807, 2.05) is 15.6 Å². The van der Waals surface area contributed by atoms with Gasteiger partial charge in [-0.25, -0.2) is 9.67 Å². The van der Waals surface area contributed by atoms with Gasteiger partial charge in [0.1, 0.15) is 0 Å². The van der Waals surface area contributed by atoms with Crippen molar-refractivity contribution >= 4 is 16.9 Å². The van der Waals surface area contributed by atoms with Crippen molar-refractivity contribution in [3.8, 4) is 0 Å². The molecule has 2 aromatic heterocycles. The van der Waals surface area contributed by atoms with Crippen LogP contribution in [0.5, 0.6) is 0 Å². The highest BCUT2D eigenvalue weighted by Gasteiger charge is 2.34. The molecule has 6 nitrogen and oxygen atoms in total. The van der Waals surface area contributed by atoms with E-state index in [9.17, 15) is 4.79 Å². The molecule has 2 aromatic rings. The Balaban J connectivity index is 1.85. The second kappa shape index (κ2) is 5.92. The van der Waals surface area contributed by atoms with Gasteiger partial charge in [0.15, 0.2) is 5.65 Å². The number of carbonyl (C=O) groups excluding carboxylic acids is 1. The fraction of sp³-hybridized carbons (Fsp3) is 0.588. The fourth-order valence-electron chi connectivity index (χ4n) is 3.41. The SMILES string of the molecule is CC(C)n1ncc2cc(C(=O)N3C[C@@H](C)[C@H](N(C)C)C3)cnc21. The summed E-state index contributed by atoms with van der Waals surface area (Å²) in [5.74, 6) is 0.544. The lowest BCUT2D eigenvalue weighted by Gasteiger charge is -2.22. The molecule has 0 radical (unpaired) electrons. The summed E-state index contributed by atoms with van der Waals surface area (Å²) >= 11 is 0. The summed E-state index contributed by atoms with van der Waals surface area (Å²) in [6, 6.07) is 2.57. The number of amides is 1. The highest BCUT2D eigenvalue weighted by molar-refractivity contribution is 5.97. The van der Waals surface area contributed by atoms with Crippen LogP contribution in [0.4, 0.5) is 0 Å². The highest BCUT2D eigenvalue weighted by atomic mass is 16.2. The van der Waals surface area contributed by atoms with Crippen LogP contribution >= 0.6 is 0 Å². The Morgan fingerprint density at radius 3 is 2.65 bits per heavy atom. The molecular weight excluding hydrogens is 290 g/mol. The number of fused-ring (bicyclic) bond motifs is 1. The quantitative estimate of drug-likeness (QED) is 0.870. The molecule has 23 heavy (non-hydrogen) atoms. The van der Waals surface area contributed by atoms with Gasteiger partial charge >= 0.3 is 0 Å². The van der Waals surface area contributed by atoms with Crippen LogP contribution < -0.4 is 0 Å². The first kappa shape index (κ1) is 15.9. The lowest BCUT2D eigenvalue weighted by molar-refractivity contribution is 0.0781. The molecule has 124 valence electrons. The van der Waals surface area contributed by atoms with Crippen LogP contribution in [-0.4, -0.2) is 63.7 Å². The molecule has 0 saturated carbocycles. The van der Waals surface area contributed by atoms with Crippen LogP contribution in [0.15, 0.2) is 18.5 Å². The van der Waals surface area contributed by atoms with Crippen molar-refractivity contribution in [3.05, 3.63) is 24.0 Å². The number of hydrogen-bond acceptors (Lipinski definition) is 4. The van der Waals surface area contributed by atoms with E-state index < -0.39 is 0 Å². The maximum atomic E-state index is 12.8. The smallest absolute Gasteiger partial charge is 0.255 e. The van der Waals surface area contributed by atoms with Gasteiger partial charge < -0.3 is 9.80 Å². The van der Waals surface area contributed by atoms with E-state index in [1.54, 1.807) is 12.4 Å². The minimum absolute atomic E-state index is 0.0629. The largest absolute Gasteiger partial charge is 0.337 e. The number of likely N-dealkylation sites (N-methyl/N-ethyl adjacent to an activating group) is 1. The van der Waals surface area contributed by atoms with Crippen molar-refractivity contribution in [1.29, 1.82) is 0 Å². The predicted octanol–water partition coefficient (Wildman–Crippen LogP) is 2.03. The number of nitrogens with zero attached hydrogens (tertiary/aromatic N) is 5. The van der Waals surface area contributed by atoms with E-state index in [2.05, 4.69) is 49.8 Å². The molecule has 3 rings (SSSR count). The van der Waals surface area contributed by atoms with E-state index in [1.165, 1.54) is 0 Å². The molecule has 0 aromatic carbocycles. The van der Waals surface area contributed by atoms with Gasteiger partial charge in [0, 0.05) is 36.8 Å². The van der Waals surface area contributed by atoms with Crippen molar-refractivity contribution in [3.63, 3.8) is 0 Å². The average Bonchev–Trinajstić information content (AvgIpc) is 3.09. The van der Waals surface area contributed by atoms with Crippen LogP contribution in [-0.2, 0) is 0 Å². The van der Waals surface area contributed by atoms with Crippen molar-refractivity contribution < 1.29 is 4.79 Å². The molecular formula is C17H25N5O. The Hall–Kier alpha value is -1.95. The Morgan fingerprint density at radius 1 is 1.30 bits per heavy atom. The molecule has 1 fully saturated rings. The molecule has 1 aliphatic rings. The minimum atomic E-state index is 0.0629. The van der Waals surface area contributed by atoms with E-state index in [0.717, 1.165) is 24.1 Å². The molecule has 0 spiro atoms. The van der Waals surface area contributed by atoms with Crippen molar-refractivity contribution in [2.75, 3.05) is 27.2 Å². The first-order valence-corrected chi connectivity index (χ1v) is 8.17. The molecule has 1 aliphatic heterocycles. The van der Waals surface area contributed by atoms with Gasteiger partial charge in [-0.3, -0.25) is 4.79 Å². The second-order valence-corrected chi connectivity index (χ2v) is 7.04. The second-order valence-electron chi connectivity index (χ2n) is 7.04. The lowest BCUT2D eigenvalue weighted by Crippen LogP contribution is -2.35. The number of aromatic nitrogens is 3. The van der Waals surface area contributed by atoms with Crippen LogP contribution in [0.25, 0.3) is 11.0 Å². The Morgan fingerprint density at radius 2 is 2.04 bits per heavy atom. The standard InChI is InChI=1S/C17H25N5O/c1-11(2)22-16-13(8-19-22)6-14(7-18-16)17(23)21-9-12(3)15(10-21)20(4)5/h6-8,11-12,15H,9-10H2,1-5H3/t12-,15-/m1/s1. The van der Waals surface area contributed by atoms with Crippen LogP contribution in [0, 0.1) is 5.92 Å². The summed E-state index contributed by atoms with van der Waals surface area (Å²) < 4.78 is 1.88. The van der Waals surface area contributed by atoms with Gasteiger partial charge in [-0.1, -0.05) is 6.92 Å². The summed E-state index contributed by atoms with van der Waals surface area (Å²) in [5, 5.41) is 5.28. The summed E-state index contributed by atoms with van der Waals surface area (Å²) in [6.45, 7) is 7.91. The lowest BCUT2D eigenvalue weighted by atomic mass is 10.1. The van der Waals surface area contributed by atoms with E-state index in [4.69, 9.17) is 0 Å². The van der Waals surface area contributed by atoms with E-state index in [-0.39, 0.29) is 11.9 Å². The average molecular weight is 315 g/mol. The zero-order valence-corrected chi connectivity index (χ0v) is 14.5. The van der Waals surface area contributed by atoms with Crippen molar-refractivity contribution in [1.82, 2.24) is 24.6 Å². The molecule has 0 unspecified atom stereocenters. The van der Waals surface area contributed by atoms with E-state index >= 15 is 0 Å². The summed E-state index contributed by atoms with van der Waals surface area (Å²) in [7, 11) is 4.14. The Kier molecular flexibility index (Phi) is 4.10. The third kappa shape index (κ3) is 2.83. The third-order valence-corrected chi connectivity index (χ3v) is 4.69. The monoisotopic (exact) mass is 315 g/mol. The minimum Gasteiger partial charge on any atom is -0.337 e. The molecule has 0 bridgehead atoms. The molecule has 1 saturated heterocycles. The zero-order chi connectivity index (χ0) is 16.7. The molecule has 3 heterocycles. The summed E-state index contributed by atoms with van der Waals surface area (Å²) in [6.07, 6.45) is 3.47. The van der Waals surface area contributed by atoms with Crippen molar-refractivity contribution in [2.45, 2.75) is 32.9 Å². The highest BCUT2D eigenvalue weighted by Crippen LogP contribution is 2.23. The maximum Gasteiger partial charge on any atom is 0.255 e. The first-order chi connectivity index (χ1) is 10.9. The molecule has 6 heteroatoms. The summed E-state index contributed by atoms with van der Waals surface area (Å²) in [4.78, 5) is 21.4. The van der Waals surface area contributed by atoms with Gasteiger partial charge in [0.25, 0.3) is 5.91 Å². The Labute approximate surface area is 137 Å². The first-order valence-electron chi connectivity index (χ1n) is 8.17. The molecule has 0 N–H and O–H groups in total. The van der Waals surface area contributed by atoms with Crippen molar-refractivity contribution in [2.24, 2.45) is 5.92 Å². The van der Waals surface area contributed by atoms with Crippen LogP contribution in [0.1, 0.15) is 37.2 Å². The molecule has 2 atom stereocenters. The normalized spacial score (nSPS) is 21.8. The van der Waals surface area contributed by atoms with Gasteiger partial charge in [0.05, 0.1) is 11.8 Å². The van der Waals surface area contributed by atoms with Gasteiger partial charge in [-0.15, -0.1) is 0 Å². The third-order valence-electron chi connectivity index (χ3n) is 4.69. The maximum absolute atomic E-state index is 12.8. The number of carbonyl (C=O) groups is 1. The number of likely N-dealkylation sites (tertiary alicyclic amines) is 1. The number of rotatable bonds is 3. The molecule has 1 amide bonds. The van der Waals surface area contributed by atoms with Gasteiger partial charge in [-0.2, -0.15) is 5.10 Å². The molecule has 0 aliphatic carbocycles. The van der Waals surface area contributed by atoms with Gasteiger partial charge in [-0.05, 0) is 39.9 Å². The van der Waals surface area contributed by atoms with E-state index in [0.29, 0.717) is 17.5 Å². The number of pyridine rings is 1. The predicted molar refractivity (Wildman–Crippen MR) is 90.5 cm³/mol. The Bertz CT molecular complexity index is 721. The van der Waals surface area contributed by atoms with Gasteiger partial charge in [0.2, 0.25) is 0 Å². The van der Waals surface area contributed by atoms with Crippen LogP contribution in [0.3, 0.4) is 0 Å². The topological polar surface area (TPSA) is 54.3 Å².